The summed E-state index contributed by atoms with van der Waals surface area (Å²) < 4.78 is 7.31. The van der Waals surface area contributed by atoms with Crippen LogP contribution < -0.4 is 0 Å². The van der Waals surface area contributed by atoms with Gasteiger partial charge >= 0.3 is 190 Å². The zero-order valence-corrected chi connectivity index (χ0v) is 24.8. The van der Waals surface area contributed by atoms with Crippen molar-refractivity contribution in [2.75, 3.05) is 0 Å². The Labute approximate surface area is 189 Å². The molecule has 0 saturated carbocycles. The van der Waals surface area contributed by atoms with Crippen LogP contribution in [0.3, 0.4) is 0 Å². The molecule has 0 N–H and O–H groups in total. The van der Waals surface area contributed by atoms with Gasteiger partial charge in [-0.2, -0.15) is 0 Å². The van der Waals surface area contributed by atoms with Crippen molar-refractivity contribution in [3.05, 3.63) is 0 Å². The second-order valence-corrected chi connectivity index (χ2v) is 20.1. The Morgan fingerprint density at radius 1 is 0.500 bits per heavy atom. The van der Waals surface area contributed by atoms with E-state index in [1.165, 1.54) is 94.0 Å². The fraction of sp³-hybridized carbons (Fsp3) is 1.00. The van der Waals surface area contributed by atoms with E-state index in [1.807, 2.05) is 0 Å². The van der Waals surface area contributed by atoms with E-state index < -0.39 is 29.0 Å². The van der Waals surface area contributed by atoms with Gasteiger partial charge in [-0.1, -0.05) is 0 Å². The second-order valence-electron chi connectivity index (χ2n) is 8.99. The van der Waals surface area contributed by atoms with Crippen LogP contribution in [0.2, 0.25) is 26.3 Å². The van der Waals surface area contributed by atoms with Gasteiger partial charge < -0.3 is 0 Å². The predicted octanol–water partition coefficient (Wildman–Crippen LogP) is 9.42. The Hall–Kier alpha value is 1.05. The molecule has 0 spiro atoms. The summed E-state index contributed by atoms with van der Waals surface area (Å²) in [5.41, 5.74) is 0.268. The molecule has 0 saturated heterocycles. The molecule has 0 aliphatic heterocycles. The molecule has 1 nitrogen and oxygen atoms in total. The van der Waals surface area contributed by atoms with E-state index in [9.17, 15) is 0 Å². The molecule has 0 aromatic heterocycles. The van der Waals surface area contributed by atoms with Crippen LogP contribution in [0.1, 0.15) is 125 Å². The SMILES string of the molecule is CCCCCC(CCCCC)(C[CH2][Ge]([CH2]CC)[CH2]CC)[O][Ge]([CH2]CC)[CH2]CC. The van der Waals surface area contributed by atoms with Crippen LogP contribution in [0, 0.1) is 0 Å². The summed E-state index contributed by atoms with van der Waals surface area (Å²) in [4.78, 5) is 0. The van der Waals surface area contributed by atoms with Crippen molar-refractivity contribution >= 4 is 29.0 Å². The van der Waals surface area contributed by atoms with E-state index in [1.54, 1.807) is 15.8 Å². The van der Waals surface area contributed by atoms with Crippen molar-refractivity contribution in [3.8, 4) is 0 Å². The first-order valence-electron chi connectivity index (χ1n) is 13.0. The molecule has 2 radical (unpaired) electrons. The van der Waals surface area contributed by atoms with E-state index in [2.05, 4.69) is 41.5 Å². The van der Waals surface area contributed by atoms with E-state index >= 15 is 0 Å². The predicted molar refractivity (Wildman–Crippen MR) is 133 cm³/mol. The van der Waals surface area contributed by atoms with E-state index in [0.29, 0.717) is 0 Å². The Balaban J connectivity index is 5.32. The third kappa shape index (κ3) is 14.1. The molecule has 0 aliphatic rings. The zero-order chi connectivity index (χ0) is 21.1. The van der Waals surface area contributed by atoms with Crippen molar-refractivity contribution in [2.24, 2.45) is 0 Å². The van der Waals surface area contributed by atoms with Gasteiger partial charge in [-0.15, -0.1) is 0 Å². The number of hydrogen-bond acceptors (Lipinski definition) is 1. The molecule has 168 valence electrons. The topological polar surface area (TPSA) is 9.23 Å². The normalized spacial score (nSPS) is 12.4. The van der Waals surface area contributed by atoms with E-state index in [0.717, 1.165) is 0 Å². The van der Waals surface area contributed by atoms with Crippen LogP contribution in [-0.4, -0.2) is 34.6 Å². The monoisotopic (exact) mass is 518 g/mol. The van der Waals surface area contributed by atoms with E-state index in [4.69, 9.17) is 3.76 Å². The Kier molecular flexibility index (Phi) is 20.7. The molecular weight excluding hydrogens is 461 g/mol. The average molecular weight is 516 g/mol. The van der Waals surface area contributed by atoms with Gasteiger partial charge in [0.15, 0.2) is 0 Å². The van der Waals surface area contributed by atoms with E-state index in [-0.39, 0.29) is 5.60 Å². The van der Waals surface area contributed by atoms with Gasteiger partial charge in [0, 0.05) is 0 Å². The average Bonchev–Trinajstić information content (AvgIpc) is 2.67. The molecule has 0 aromatic rings. The first-order chi connectivity index (χ1) is 13.6. The Morgan fingerprint density at radius 3 is 1.36 bits per heavy atom. The molecule has 0 bridgehead atoms. The molecule has 0 aliphatic carbocycles. The minimum atomic E-state index is -1.35. The fourth-order valence-electron chi connectivity index (χ4n) is 4.50. The van der Waals surface area contributed by atoms with Crippen molar-refractivity contribution in [3.63, 3.8) is 0 Å². The van der Waals surface area contributed by atoms with Crippen LogP contribution in [0.25, 0.3) is 0 Å². The molecule has 0 fully saturated rings. The molecule has 0 heterocycles. The number of rotatable bonds is 21. The van der Waals surface area contributed by atoms with Gasteiger partial charge in [-0.25, -0.2) is 0 Å². The van der Waals surface area contributed by atoms with Crippen LogP contribution in [0.5, 0.6) is 0 Å². The molecule has 28 heavy (non-hydrogen) atoms. The van der Waals surface area contributed by atoms with Crippen LogP contribution in [-0.2, 0) is 3.76 Å². The molecular formula is C25H54Ge2O. The van der Waals surface area contributed by atoms with Crippen molar-refractivity contribution < 1.29 is 3.76 Å². The number of unbranched alkanes of at least 4 members (excludes halogenated alkanes) is 4. The number of hydrogen-bond donors (Lipinski definition) is 0. The minimum absolute atomic E-state index is 0.268. The summed E-state index contributed by atoms with van der Waals surface area (Å²) in [7, 11) is 0. The van der Waals surface area contributed by atoms with Crippen molar-refractivity contribution in [1.82, 2.24) is 0 Å². The molecule has 3 heteroatoms. The van der Waals surface area contributed by atoms with Crippen LogP contribution >= 0.6 is 0 Å². The molecule has 0 unspecified atom stereocenters. The summed E-state index contributed by atoms with van der Waals surface area (Å²) in [6, 6.07) is 0. The van der Waals surface area contributed by atoms with Gasteiger partial charge in [0.05, 0.1) is 0 Å². The molecule has 0 amide bonds. The molecule has 0 aromatic carbocycles. The van der Waals surface area contributed by atoms with Crippen molar-refractivity contribution in [2.45, 2.75) is 157 Å². The third-order valence-corrected chi connectivity index (χ3v) is 19.1. The first-order valence-corrected chi connectivity index (χ1v) is 21.3. The summed E-state index contributed by atoms with van der Waals surface area (Å²) in [5, 5.41) is 7.58. The second kappa shape index (κ2) is 20.0. The first kappa shape index (κ1) is 29.0. The maximum atomic E-state index is 7.31. The fourth-order valence-corrected chi connectivity index (χ4v) is 16.0. The summed E-state index contributed by atoms with van der Waals surface area (Å²) in [5.74, 6) is 0. The summed E-state index contributed by atoms with van der Waals surface area (Å²) in [6.45, 7) is 14.2. The summed E-state index contributed by atoms with van der Waals surface area (Å²) >= 11 is -2.20. The molecule has 0 rings (SSSR count). The summed E-state index contributed by atoms with van der Waals surface area (Å²) in [6.07, 6.45) is 17.9. The van der Waals surface area contributed by atoms with Gasteiger partial charge in [-0.05, 0) is 0 Å². The quantitative estimate of drug-likeness (QED) is 0.109. The third-order valence-electron chi connectivity index (χ3n) is 6.03. The van der Waals surface area contributed by atoms with Crippen LogP contribution in [0.15, 0.2) is 0 Å². The molecule has 0 atom stereocenters. The van der Waals surface area contributed by atoms with Gasteiger partial charge in [0.2, 0.25) is 0 Å². The zero-order valence-electron chi connectivity index (χ0n) is 20.6. The standard InChI is InChI=1S/C25H54Ge2O/c1-7-13-15-17-25(18-16-14-8-2,28-27(22-11-5)23-12-6)19-24-26(20-9-3)21-10-4/h7-24H2,1-6H3. The van der Waals surface area contributed by atoms with Gasteiger partial charge in [0.1, 0.15) is 0 Å². The Morgan fingerprint density at radius 2 is 0.964 bits per heavy atom. The van der Waals surface area contributed by atoms with Gasteiger partial charge in [-0.3, -0.25) is 0 Å². The maximum absolute atomic E-state index is 7.31. The van der Waals surface area contributed by atoms with Gasteiger partial charge in [0.25, 0.3) is 0 Å². The van der Waals surface area contributed by atoms with Crippen molar-refractivity contribution in [1.29, 1.82) is 0 Å². The Bertz CT molecular complexity index is 300. The van der Waals surface area contributed by atoms with Crippen LogP contribution in [0.4, 0.5) is 0 Å².